The van der Waals surface area contributed by atoms with Crippen molar-refractivity contribution in [2.45, 2.75) is 6.36 Å². The van der Waals surface area contributed by atoms with Crippen molar-refractivity contribution in [3.05, 3.63) is 46.0 Å². The van der Waals surface area contributed by atoms with E-state index in [0.717, 1.165) is 11.0 Å². The topological polar surface area (TPSA) is 37.9 Å². The molecule has 0 amide bonds. The van der Waals surface area contributed by atoms with Crippen LogP contribution in [-0.2, 0) is 0 Å². The zero-order valence-electron chi connectivity index (χ0n) is 10.4. The van der Waals surface area contributed by atoms with E-state index in [4.69, 9.17) is 0 Å². The fourth-order valence-corrected chi connectivity index (χ4v) is 2.39. The Balaban J connectivity index is 2.04. The first-order valence-electron chi connectivity index (χ1n) is 5.93. The summed E-state index contributed by atoms with van der Waals surface area (Å²) in [7, 11) is 0. The maximum atomic E-state index is 12.4. The van der Waals surface area contributed by atoms with Gasteiger partial charge in [-0.25, -0.2) is 4.98 Å². The van der Waals surface area contributed by atoms with E-state index in [1.807, 2.05) is 24.3 Å². The molecule has 0 saturated carbocycles. The summed E-state index contributed by atoms with van der Waals surface area (Å²) in [6.45, 7) is 0. The molecule has 1 heterocycles. The molecule has 7 heteroatoms. The first-order valence-corrected chi connectivity index (χ1v) is 7.01. The average molecular weight is 404 g/mol. The van der Waals surface area contributed by atoms with E-state index < -0.39 is 6.36 Å². The van der Waals surface area contributed by atoms with Crippen LogP contribution in [0.4, 0.5) is 13.2 Å². The number of aromatic amines is 1. The largest absolute Gasteiger partial charge is 0.573 e. The van der Waals surface area contributed by atoms with Crippen LogP contribution < -0.4 is 4.74 Å². The fraction of sp³-hybridized carbons (Fsp3) is 0.0714. The van der Waals surface area contributed by atoms with Crippen molar-refractivity contribution in [1.82, 2.24) is 9.97 Å². The molecule has 0 unspecified atom stereocenters. The Bertz CT molecular complexity index is 765. The average Bonchev–Trinajstić information content (AvgIpc) is 2.83. The maximum Gasteiger partial charge on any atom is 0.573 e. The Labute approximate surface area is 131 Å². The van der Waals surface area contributed by atoms with Gasteiger partial charge in [-0.1, -0.05) is 12.1 Å². The number of rotatable bonds is 2. The first-order chi connectivity index (χ1) is 9.92. The number of benzene rings is 2. The summed E-state index contributed by atoms with van der Waals surface area (Å²) in [4.78, 5) is 7.43. The predicted molar refractivity (Wildman–Crippen MR) is 80.9 cm³/mol. The van der Waals surface area contributed by atoms with Crippen molar-refractivity contribution in [1.29, 1.82) is 0 Å². The number of alkyl halides is 3. The number of hydrogen-bond acceptors (Lipinski definition) is 2. The van der Waals surface area contributed by atoms with E-state index in [0.29, 0.717) is 15.0 Å². The molecule has 1 aromatic heterocycles. The lowest BCUT2D eigenvalue weighted by Gasteiger charge is -2.11. The minimum atomic E-state index is -4.72. The number of H-pyrrole nitrogens is 1. The number of halogens is 4. The molecule has 0 aliphatic heterocycles. The molecule has 0 spiro atoms. The van der Waals surface area contributed by atoms with Gasteiger partial charge in [0.25, 0.3) is 0 Å². The summed E-state index contributed by atoms with van der Waals surface area (Å²) in [6, 6.07) is 12.0. The Morgan fingerprint density at radius 2 is 1.86 bits per heavy atom. The highest BCUT2D eigenvalue weighted by molar-refractivity contribution is 14.1. The third-order valence-electron chi connectivity index (χ3n) is 2.82. The van der Waals surface area contributed by atoms with Crippen LogP contribution in [0.1, 0.15) is 0 Å². The Kier molecular flexibility index (Phi) is 3.52. The second kappa shape index (κ2) is 5.21. The molecule has 2 aromatic carbocycles. The summed E-state index contributed by atoms with van der Waals surface area (Å²) in [6.07, 6.45) is -4.72. The van der Waals surface area contributed by atoms with E-state index in [-0.39, 0.29) is 5.75 Å². The monoisotopic (exact) mass is 404 g/mol. The van der Waals surface area contributed by atoms with Crippen LogP contribution >= 0.6 is 22.6 Å². The molecule has 21 heavy (non-hydrogen) atoms. The van der Waals surface area contributed by atoms with Crippen LogP contribution in [0.2, 0.25) is 0 Å². The second-order valence-electron chi connectivity index (χ2n) is 4.30. The summed E-state index contributed by atoms with van der Waals surface area (Å²) < 4.78 is 41.5. The number of ether oxygens (including phenoxy) is 1. The molecule has 3 nitrogen and oxygen atoms in total. The molecular formula is C14H8F3IN2O. The zero-order valence-corrected chi connectivity index (χ0v) is 12.6. The van der Waals surface area contributed by atoms with Gasteiger partial charge >= 0.3 is 6.36 Å². The predicted octanol–water partition coefficient (Wildman–Crippen LogP) is 4.73. The number of imidazole rings is 1. The molecule has 0 saturated heterocycles. The molecule has 0 fully saturated rings. The van der Waals surface area contributed by atoms with Crippen molar-refractivity contribution < 1.29 is 17.9 Å². The highest BCUT2D eigenvalue weighted by atomic mass is 127. The Morgan fingerprint density at radius 3 is 2.57 bits per heavy atom. The fourth-order valence-electron chi connectivity index (χ4n) is 1.94. The van der Waals surface area contributed by atoms with Gasteiger partial charge in [0.1, 0.15) is 11.6 Å². The maximum absolute atomic E-state index is 12.4. The van der Waals surface area contributed by atoms with Crippen molar-refractivity contribution in [3.63, 3.8) is 0 Å². The number of fused-ring (bicyclic) bond motifs is 1. The van der Waals surface area contributed by atoms with Gasteiger partial charge in [0, 0.05) is 5.56 Å². The molecule has 0 radical (unpaired) electrons. The lowest BCUT2D eigenvalue weighted by molar-refractivity contribution is -0.274. The third-order valence-corrected chi connectivity index (χ3v) is 3.71. The lowest BCUT2D eigenvalue weighted by Crippen LogP contribution is -2.17. The van der Waals surface area contributed by atoms with E-state index in [1.165, 1.54) is 6.07 Å². The van der Waals surface area contributed by atoms with Crippen LogP contribution in [0.15, 0.2) is 42.5 Å². The number of nitrogens with zero attached hydrogens (tertiary/aromatic N) is 1. The summed E-state index contributed by atoms with van der Waals surface area (Å²) in [5, 5.41) is 0. The van der Waals surface area contributed by atoms with Crippen LogP contribution in [0.5, 0.6) is 5.75 Å². The Hall–Kier alpha value is -1.77. The van der Waals surface area contributed by atoms with E-state index in [9.17, 15) is 13.2 Å². The van der Waals surface area contributed by atoms with Crippen LogP contribution in [0.3, 0.4) is 0 Å². The van der Waals surface area contributed by atoms with E-state index >= 15 is 0 Å². The molecule has 3 aromatic rings. The van der Waals surface area contributed by atoms with Gasteiger partial charge in [0.05, 0.1) is 14.6 Å². The number of aromatic nitrogens is 2. The molecule has 0 aliphatic carbocycles. The minimum absolute atomic E-state index is 0.235. The summed E-state index contributed by atoms with van der Waals surface area (Å²) in [5.74, 6) is 0.265. The van der Waals surface area contributed by atoms with Gasteiger partial charge < -0.3 is 9.72 Å². The lowest BCUT2D eigenvalue weighted by atomic mass is 10.2. The van der Waals surface area contributed by atoms with Crippen LogP contribution in [0, 0.1) is 3.57 Å². The highest BCUT2D eigenvalue weighted by Crippen LogP contribution is 2.31. The van der Waals surface area contributed by atoms with Crippen molar-refractivity contribution >= 4 is 33.6 Å². The second-order valence-corrected chi connectivity index (χ2v) is 5.46. The highest BCUT2D eigenvalue weighted by Gasteiger charge is 2.32. The number of hydrogen-bond donors (Lipinski definition) is 1. The van der Waals surface area contributed by atoms with Gasteiger partial charge in [-0.05, 0) is 52.9 Å². The normalized spacial score (nSPS) is 11.8. The van der Waals surface area contributed by atoms with Gasteiger partial charge in [-0.15, -0.1) is 13.2 Å². The smallest absolute Gasteiger partial charge is 0.405 e. The molecule has 1 N–H and O–H groups in total. The zero-order chi connectivity index (χ0) is 15.0. The molecule has 0 atom stereocenters. The number of para-hydroxylation sites is 2. The first kappa shape index (κ1) is 14.2. The summed E-state index contributed by atoms with van der Waals surface area (Å²) in [5.41, 5.74) is 2.11. The van der Waals surface area contributed by atoms with Gasteiger partial charge in [-0.2, -0.15) is 0 Å². The Morgan fingerprint density at radius 1 is 1.10 bits per heavy atom. The van der Waals surface area contributed by atoms with E-state index in [2.05, 4.69) is 14.7 Å². The quantitative estimate of drug-likeness (QED) is 0.628. The van der Waals surface area contributed by atoms with Crippen molar-refractivity contribution in [2.75, 3.05) is 0 Å². The molecule has 0 bridgehead atoms. The van der Waals surface area contributed by atoms with E-state index in [1.54, 1.807) is 34.7 Å². The molecule has 3 rings (SSSR count). The van der Waals surface area contributed by atoms with Crippen LogP contribution in [0.25, 0.3) is 22.4 Å². The van der Waals surface area contributed by atoms with Gasteiger partial charge in [0.15, 0.2) is 0 Å². The van der Waals surface area contributed by atoms with Crippen molar-refractivity contribution in [2.24, 2.45) is 0 Å². The minimum Gasteiger partial charge on any atom is -0.405 e. The molecule has 0 aliphatic rings. The SMILES string of the molecule is FC(F)(F)Oc1cc(-c2nc3ccccc3[nH]2)ccc1I. The van der Waals surface area contributed by atoms with Gasteiger partial charge in [-0.3, -0.25) is 0 Å². The molecule has 108 valence electrons. The van der Waals surface area contributed by atoms with Crippen LogP contribution in [-0.4, -0.2) is 16.3 Å². The number of nitrogens with one attached hydrogen (secondary N) is 1. The summed E-state index contributed by atoms with van der Waals surface area (Å²) >= 11 is 1.80. The van der Waals surface area contributed by atoms with Crippen molar-refractivity contribution in [3.8, 4) is 17.1 Å². The third kappa shape index (κ3) is 3.12. The standard InChI is InChI=1S/C14H8F3IN2O/c15-14(16,17)21-12-7-8(5-6-9(12)18)13-19-10-3-1-2-4-11(10)20-13/h1-7H,(H,19,20). The van der Waals surface area contributed by atoms with Gasteiger partial charge in [0.2, 0.25) is 0 Å². The molecular weight excluding hydrogens is 396 g/mol.